The van der Waals surface area contributed by atoms with Crippen molar-refractivity contribution >= 4 is 0 Å². The van der Waals surface area contributed by atoms with Gasteiger partial charge >= 0.3 is 0 Å². The molecule has 0 fully saturated rings. The largest absolute Gasteiger partial charge is 0.392 e. The first-order valence-electron chi connectivity index (χ1n) is 9.64. The zero-order chi connectivity index (χ0) is 15.8. The van der Waals surface area contributed by atoms with Gasteiger partial charge in [0.25, 0.3) is 0 Å². The van der Waals surface area contributed by atoms with E-state index >= 15 is 0 Å². The van der Waals surface area contributed by atoms with Crippen molar-refractivity contribution in [2.45, 2.75) is 104 Å². The van der Waals surface area contributed by atoms with E-state index in [-0.39, 0.29) is 6.10 Å². The highest BCUT2D eigenvalue weighted by atomic mass is 16.3. The molecule has 2 heteroatoms. The highest BCUT2D eigenvalue weighted by Crippen LogP contribution is 2.10. The van der Waals surface area contributed by atoms with Crippen LogP contribution in [0.5, 0.6) is 0 Å². The van der Waals surface area contributed by atoms with Crippen LogP contribution in [-0.4, -0.2) is 35.7 Å². The monoisotopic (exact) mass is 299 g/mol. The molecule has 0 spiro atoms. The predicted octanol–water partition coefficient (Wildman–Crippen LogP) is 5.39. The molecule has 0 rings (SSSR count). The van der Waals surface area contributed by atoms with Gasteiger partial charge in [-0.15, -0.1) is 0 Å². The molecule has 1 atom stereocenters. The van der Waals surface area contributed by atoms with Gasteiger partial charge in [-0.3, -0.25) is 0 Å². The minimum atomic E-state index is -0.116. The maximum Gasteiger partial charge on any atom is 0.0667 e. The molecule has 0 aliphatic rings. The third-order valence-electron chi connectivity index (χ3n) is 4.27. The van der Waals surface area contributed by atoms with Crippen LogP contribution in [0.3, 0.4) is 0 Å². The summed E-state index contributed by atoms with van der Waals surface area (Å²) < 4.78 is 0. The normalized spacial score (nSPS) is 13.0. The van der Waals surface area contributed by atoms with Gasteiger partial charge in [-0.25, -0.2) is 0 Å². The third-order valence-corrected chi connectivity index (χ3v) is 4.27. The fourth-order valence-corrected chi connectivity index (χ4v) is 2.84. The van der Waals surface area contributed by atoms with Crippen molar-refractivity contribution in [3.8, 4) is 0 Å². The van der Waals surface area contributed by atoms with Gasteiger partial charge in [0.05, 0.1) is 6.10 Å². The molecule has 0 saturated heterocycles. The average molecular weight is 300 g/mol. The maximum absolute atomic E-state index is 10.2. The van der Waals surface area contributed by atoms with Crippen molar-refractivity contribution in [1.29, 1.82) is 0 Å². The van der Waals surface area contributed by atoms with Crippen LogP contribution < -0.4 is 0 Å². The van der Waals surface area contributed by atoms with E-state index in [0.29, 0.717) is 0 Å². The highest BCUT2D eigenvalue weighted by molar-refractivity contribution is 4.66. The summed E-state index contributed by atoms with van der Waals surface area (Å²) in [6.45, 7) is 9.99. The van der Waals surface area contributed by atoms with Gasteiger partial charge in [0.1, 0.15) is 0 Å². The number of unbranched alkanes of at least 4 members (excludes halogenated alkanes) is 8. The van der Waals surface area contributed by atoms with E-state index in [9.17, 15) is 5.11 Å². The molecule has 0 radical (unpaired) electrons. The molecule has 0 saturated carbocycles. The van der Waals surface area contributed by atoms with E-state index in [0.717, 1.165) is 13.0 Å². The van der Waals surface area contributed by atoms with E-state index in [4.69, 9.17) is 0 Å². The summed E-state index contributed by atoms with van der Waals surface area (Å²) in [5, 5.41) is 10.2. The Morgan fingerprint density at radius 3 is 1.67 bits per heavy atom. The zero-order valence-corrected chi connectivity index (χ0v) is 15.1. The summed E-state index contributed by atoms with van der Waals surface area (Å²) in [6, 6.07) is 0. The average Bonchev–Trinajstić information content (AvgIpc) is 2.47. The van der Waals surface area contributed by atoms with Gasteiger partial charge in [0.2, 0.25) is 0 Å². The Bertz CT molecular complexity index is 186. The molecule has 0 bridgehead atoms. The molecule has 0 aliphatic carbocycles. The Kier molecular flexibility index (Phi) is 16.2. The lowest BCUT2D eigenvalue weighted by molar-refractivity contribution is 0.101. The molecule has 128 valence electrons. The van der Waals surface area contributed by atoms with Crippen molar-refractivity contribution in [2.24, 2.45) is 0 Å². The quantitative estimate of drug-likeness (QED) is 0.386. The molecule has 21 heavy (non-hydrogen) atoms. The number of aliphatic hydroxyl groups excluding tert-OH is 1. The maximum atomic E-state index is 10.2. The number of aliphatic hydroxyl groups is 1. The van der Waals surface area contributed by atoms with Crippen molar-refractivity contribution in [1.82, 2.24) is 4.90 Å². The second-order valence-corrected chi connectivity index (χ2v) is 6.57. The molecule has 0 aliphatic heterocycles. The van der Waals surface area contributed by atoms with Gasteiger partial charge in [-0.1, -0.05) is 78.6 Å². The first-order valence-corrected chi connectivity index (χ1v) is 9.64. The summed E-state index contributed by atoms with van der Waals surface area (Å²) in [4.78, 5) is 2.50. The van der Waals surface area contributed by atoms with Gasteiger partial charge in [0, 0.05) is 6.54 Å². The lowest BCUT2D eigenvalue weighted by Gasteiger charge is -2.25. The fourth-order valence-electron chi connectivity index (χ4n) is 2.84. The lowest BCUT2D eigenvalue weighted by Crippen LogP contribution is -2.34. The standard InChI is InChI=1S/C19H41NO/c1-4-7-10-11-12-15-19(21)18-20(16-13-8-5-2)17-14-9-6-3/h19,21H,4-18H2,1-3H3. The summed E-state index contributed by atoms with van der Waals surface area (Å²) in [5.74, 6) is 0. The van der Waals surface area contributed by atoms with Crippen LogP contribution in [0, 0.1) is 0 Å². The number of nitrogens with zero attached hydrogens (tertiary/aromatic N) is 1. The van der Waals surface area contributed by atoms with E-state index in [1.54, 1.807) is 0 Å². The Balaban J connectivity index is 3.82. The minimum absolute atomic E-state index is 0.116. The Labute approximate surface area is 134 Å². The number of hydrogen-bond acceptors (Lipinski definition) is 2. The fraction of sp³-hybridized carbons (Fsp3) is 1.00. The van der Waals surface area contributed by atoms with Crippen LogP contribution in [0.25, 0.3) is 0 Å². The van der Waals surface area contributed by atoms with Gasteiger partial charge in [-0.2, -0.15) is 0 Å². The Morgan fingerprint density at radius 2 is 1.14 bits per heavy atom. The summed E-state index contributed by atoms with van der Waals surface area (Å²) in [5.41, 5.74) is 0. The Hall–Kier alpha value is -0.0800. The van der Waals surface area contributed by atoms with Crippen LogP contribution in [-0.2, 0) is 0 Å². The van der Waals surface area contributed by atoms with Gasteiger partial charge < -0.3 is 10.0 Å². The minimum Gasteiger partial charge on any atom is -0.392 e. The summed E-state index contributed by atoms with van der Waals surface area (Å²) in [6.07, 6.45) is 15.1. The molecule has 0 amide bonds. The predicted molar refractivity (Wildman–Crippen MR) is 94.9 cm³/mol. The van der Waals surface area contributed by atoms with Crippen LogP contribution in [0.4, 0.5) is 0 Å². The van der Waals surface area contributed by atoms with E-state index in [1.807, 2.05) is 0 Å². The molecule has 2 nitrogen and oxygen atoms in total. The third kappa shape index (κ3) is 14.6. The van der Waals surface area contributed by atoms with E-state index in [1.165, 1.54) is 83.7 Å². The molecular formula is C19H41NO. The van der Waals surface area contributed by atoms with Crippen molar-refractivity contribution in [2.75, 3.05) is 19.6 Å². The first kappa shape index (κ1) is 20.9. The van der Waals surface area contributed by atoms with Crippen molar-refractivity contribution < 1.29 is 5.11 Å². The summed E-state index contributed by atoms with van der Waals surface area (Å²) in [7, 11) is 0. The molecule has 1 unspecified atom stereocenters. The molecule has 0 aromatic heterocycles. The summed E-state index contributed by atoms with van der Waals surface area (Å²) >= 11 is 0. The van der Waals surface area contributed by atoms with Crippen LogP contribution in [0.15, 0.2) is 0 Å². The number of hydrogen-bond donors (Lipinski definition) is 1. The number of rotatable bonds is 16. The van der Waals surface area contributed by atoms with Gasteiger partial charge in [-0.05, 0) is 32.4 Å². The second kappa shape index (κ2) is 16.3. The molecule has 0 heterocycles. The SMILES string of the molecule is CCCCCCCC(O)CN(CCCCC)CCCCC. The molecule has 0 aromatic rings. The smallest absolute Gasteiger partial charge is 0.0667 e. The molecule has 0 aromatic carbocycles. The van der Waals surface area contributed by atoms with Crippen molar-refractivity contribution in [3.05, 3.63) is 0 Å². The van der Waals surface area contributed by atoms with Crippen LogP contribution in [0.2, 0.25) is 0 Å². The first-order chi connectivity index (χ1) is 10.2. The Morgan fingerprint density at radius 1 is 0.667 bits per heavy atom. The van der Waals surface area contributed by atoms with E-state index in [2.05, 4.69) is 25.7 Å². The highest BCUT2D eigenvalue weighted by Gasteiger charge is 2.11. The van der Waals surface area contributed by atoms with Crippen molar-refractivity contribution in [3.63, 3.8) is 0 Å². The lowest BCUT2D eigenvalue weighted by atomic mass is 10.1. The van der Waals surface area contributed by atoms with Gasteiger partial charge in [0.15, 0.2) is 0 Å². The zero-order valence-electron chi connectivity index (χ0n) is 15.1. The topological polar surface area (TPSA) is 23.5 Å². The van der Waals surface area contributed by atoms with Crippen LogP contribution in [0.1, 0.15) is 97.8 Å². The second-order valence-electron chi connectivity index (χ2n) is 6.57. The van der Waals surface area contributed by atoms with Crippen LogP contribution >= 0.6 is 0 Å². The molecular weight excluding hydrogens is 258 g/mol. The van der Waals surface area contributed by atoms with E-state index < -0.39 is 0 Å². The molecule has 1 N–H and O–H groups in total.